The van der Waals surface area contributed by atoms with Crippen molar-refractivity contribution in [3.05, 3.63) is 0 Å². The van der Waals surface area contributed by atoms with E-state index in [2.05, 4.69) is 17.2 Å². The van der Waals surface area contributed by atoms with Crippen LogP contribution in [0.3, 0.4) is 0 Å². The summed E-state index contributed by atoms with van der Waals surface area (Å²) in [5.41, 5.74) is -0.580. The van der Waals surface area contributed by atoms with Gasteiger partial charge in [0.25, 0.3) is 0 Å². The Kier molecular flexibility index (Phi) is 16.5. The number of alkyl carbamates (subject to hydrolysis) is 1. The number of carbonyl (C=O) groups is 1. The molecule has 0 aliphatic rings. The first kappa shape index (κ1) is 28.6. The molecule has 176 valence electrons. The second-order valence-electron chi connectivity index (χ2n) is 7.25. The average Bonchev–Trinajstić information content (AvgIpc) is 2.64. The minimum absolute atomic E-state index is 0.0191. The zero-order chi connectivity index (χ0) is 22.7. The zero-order valence-corrected chi connectivity index (χ0v) is 19.5. The number of sulfone groups is 1. The van der Waals surface area contributed by atoms with E-state index < -0.39 is 21.5 Å². The largest absolute Gasteiger partial charge is 0.444 e. The number of carbonyl (C=O) groups excluding carboxylic acids is 1. The lowest BCUT2D eigenvalue weighted by molar-refractivity contribution is 0.00301. The van der Waals surface area contributed by atoms with E-state index in [1.807, 2.05) is 0 Å². The lowest BCUT2D eigenvalue weighted by Gasteiger charge is -2.19. The Bertz CT molecular complexity index is 605. The number of hydrogen-bond donors (Lipinski definition) is 1. The summed E-state index contributed by atoms with van der Waals surface area (Å²) < 4.78 is 50.1. The van der Waals surface area contributed by atoms with E-state index in [9.17, 15) is 13.2 Å². The average molecular weight is 452 g/mol. The first-order valence-corrected chi connectivity index (χ1v) is 11.9. The lowest BCUT2D eigenvalue weighted by Crippen LogP contribution is -2.33. The third kappa shape index (κ3) is 21.3. The smallest absolute Gasteiger partial charge is 0.407 e. The van der Waals surface area contributed by atoms with Gasteiger partial charge >= 0.3 is 6.09 Å². The molecule has 0 spiro atoms. The summed E-state index contributed by atoms with van der Waals surface area (Å²) in [5.74, 6) is 5.45. The lowest BCUT2D eigenvalue weighted by atomic mass is 10.2. The monoisotopic (exact) mass is 451 g/mol. The quantitative estimate of drug-likeness (QED) is 0.261. The summed E-state index contributed by atoms with van der Waals surface area (Å²) in [7, 11) is -3.23. The number of ether oxygens (including phenoxy) is 5. The minimum Gasteiger partial charge on any atom is -0.444 e. The van der Waals surface area contributed by atoms with E-state index in [0.717, 1.165) is 0 Å². The van der Waals surface area contributed by atoms with Gasteiger partial charge in [0.1, 0.15) is 12.2 Å². The molecule has 0 bridgehead atoms. The Labute approximate surface area is 181 Å². The summed E-state index contributed by atoms with van der Waals surface area (Å²) in [5, 5.41) is 2.54. The summed E-state index contributed by atoms with van der Waals surface area (Å²) in [6.07, 6.45) is -0.231. The van der Waals surface area contributed by atoms with Gasteiger partial charge < -0.3 is 29.0 Å². The van der Waals surface area contributed by atoms with Crippen LogP contribution in [0.4, 0.5) is 4.79 Å². The van der Waals surface area contributed by atoms with Crippen LogP contribution in [0.5, 0.6) is 0 Å². The molecule has 30 heavy (non-hydrogen) atoms. The second kappa shape index (κ2) is 17.3. The van der Waals surface area contributed by atoms with Crippen LogP contribution >= 0.6 is 0 Å². The maximum Gasteiger partial charge on any atom is 0.407 e. The number of amides is 1. The van der Waals surface area contributed by atoms with Crippen molar-refractivity contribution in [2.75, 3.05) is 70.9 Å². The van der Waals surface area contributed by atoms with Crippen molar-refractivity contribution in [3.8, 4) is 11.8 Å². The molecule has 0 unspecified atom stereocenters. The SMILES string of the molecule is CC#CCOCCOCCOCCOCCS(=O)(=O)CCCNC(=O)OC(C)(C)C. The van der Waals surface area contributed by atoms with Crippen LogP contribution in [-0.2, 0) is 33.5 Å². The number of hydrogen-bond acceptors (Lipinski definition) is 8. The summed E-state index contributed by atoms with van der Waals surface area (Å²) in [4.78, 5) is 11.5. The van der Waals surface area contributed by atoms with Crippen molar-refractivity contribution >= 4 is 15.9 Å². The van der Waals surface area contributed by atoms with E-state index in [4.69, 9.17) is 23.7 Å². The predicted molar refractivity (Wildman–Crippen MR) is 114 cm³/mol. The third-order valence-corrected chi connectivity index (χ3v) is 5.01. The fraction of sp³-hybridized carbons (Fsp3) is 0.850. The predicted octanol–water partition coefficient (Wildman–Crippen LogP) is 1.41. The van der Waals surface area contributed by atoms with Gasteiger partial charge in [-0.15, -0.1) is 5.92 Å². The van der Waals surface area contributed by atoms with Gasteiger partial charge in [-0.2, -0.15) is 0 Å². The van der Waals surface area contributed by atoms with Crippen LogP contribution in [0.25, 0.3) is 0 Å². The maximum absolute atomic E-state index is 11.9. The Balaban J connectivity index is 3.49. The number of nitrogens with one attached hydrogen (secondary N) is 1. The van der Waals surface area contributed by atoms with Gasteiger partial charge in [0.2, 0.25) is 0 Å². The molecule has 0 aliphatic heterocycles. The van der Waals surface area contributed by atoms with Crippen molar-refractivity contribution in [1.82, 2.24) is 5.32 Å². The molecule has 0 aliphatic carbocycles. The fourth-order valence-corrected chi connectivity index (χ4v) is 3.10. The molecule has 0 saturated carbocycles. The van der Waals surface area contributed by atoms with Crippen LogP contribution in [-0.4, -0.2) is 91.0 Å². The Morgan fingerprint density at radius 2 is 1.40 bits per heavy atom. The van der Waals surface area contributed by atoms with E-state index in [1.165, 1.54) is 0 Å². The van der Waals surface area contributed by atoms with Gasteiger partial charge in [-0.05, 0) is 34.1 Å². The highest BCUT2D eigenvalue weighted by atomic mass is 32.2. The van der Waals surface area contributed by atoms with Crippen molar-refractivity contribution in [1.29, 1.82) is 0 Å². The molecule has 0 aromatic rings. The molecule has 0 atom stereocenters. The van der Waals surface area contributed by atoms with E-state index >= 15 is 0 Å². The number of rotatable bonds is 17. The van der Waals surface area contributed by atoms with Crippen LogP contribution in [0.15, 0.2) is 0 Å². The first-order valence-electron chi connectivity index (χ1n) is 10.0. The normalized spacial score (nSPS) is 11.6. The van der Waals surface area contributed by atoms with Crippen LogP contribution in [0.2, 0.25) is 0 Å². The maximum atomic E-state index is 11.9. The van der Waals surface area contributed by atoms with Gasteiger partial charge in [-0.3, -0.25) is 0 Å². The molecule has 0 aromatic heterocycles. The van der Waals surface area contributed by atoms with Crippen molar-refractivity contribution in [3.63, 3.8) is 0 Å². The topological polar surface area (TPSA) is 109 Å². The van der Waals surface area contributed by atoms with E-state index in [1.54, 1.807) is 27.7 Å². The highest BCUT2D eigenvalue weighted by molar-refractivity contribution is 7.91. The van der Waals surface area contributed by atoms with Crippen molar-refractivity contribution in [2.24, 2.45) is 0 Å². The van der Waals surface area contributed by atoms with Gasteiger partial charge in [0, 0.05) is 6.54 Å². The van der Waals surface area contributed by atoms with E-state index in [-0.39, 0.29) is 24.7 Å². The molecule has 0 rings (SSSR count). The standard InChI is InChI=1S/C20H37NO8S/c1-5-6-9-25-10-11-26-12-13-27-14-15-28-16-18-30(23,24)17-7-8-21-19(22)29-20(2,3)4/h7-18H2,1-4H3,(H,21,22). The van der Waals surface area contributed by atoms with Gasteiger partial charge in [-0.1, -0.05) is 5.92 Å². The Hall–Kier alpha value is -1.38. The minimum atomic E-state index is -3.23. The fourth-order valence-electron chi connectivity index (χ4n) is 1.94. The Morgan fingerprint density at radius 1 is 0.867 bits per heavy atom. The van der Waals surface area contributed by atoms with Crippen LogP contribution in [0, 0.1) is 11.8 Å². The summed E-state index contributed by atoms with van der Waals surface area (Å²) in [6.45, 7) is 10.3. The molecule has 0 radical (unpaired) electrons. The molecule has 0 aromatic carbocycles. The molecule has 10 heteroatoms. The van der Waals surface area contributed by atoms with Crippen molar-refractivity contribution < 1.29 is 36.9 Å². The third-order valence-electron chi connectivity index (χ3n) is 3.31. The second-order valence-corrected chi connectivity index (χ2v) is 9.55. The molecule has 0 heterocycles. The van der Waals surface area contributed by atoms with Gasteiger partial charge in [0.05, 0.1) is 57.8 Å². The molecule has 9 nitrogen and oxygen atoms in total. The summed E-state index contributed by atoms with van der Waals surface area (Å²) >= 11 is 0. The molecule has 0 fully saturated rings. The van der Waals surface area contributed by atoms with Crippen LogP contribution in [0.1, 0.15) is 34.1 Å². The molecular weight excluding hydrogens is 414 g/mol. The Morgan fingerprint density at radius 3 is 1.93 bits per heavy atom. The van der Waals surface area contributed by atoms with E-state index in [0.29, 0.717) is 52.7 Å². The van der Waals surface area contributed by atoms with Crippen molar-refractivity contribution in [2.45, 2.75) is 39.7 Å². The molecule has 1 N–H and O–H groups in total. The first-order chi connectivity index (χ1) is 14.2. The zero-order valence-electron chi connectivity index (χ0n) is 18.7. The van der Waals surface area contributed by atoms with Gasteiger partial charge in [-0.25, -0.2) is 13.2 Å². The van der Waals surface area contributed by atoms with Crippen LogP contribution < -0.4 is 5.32 Å². The molecule has 1 amide bonds. The van der Waals surface area contributed by atoms with Gasteiger partial charge in [0.15, 0.2) is 9.84 Å². The molecule has 0 saturated heterocycles. The molecular formula is C20H37NO8S. The highest BCUT2D eigenvalue weighted by Gasteiger charge is 2.16. The summed E-state index contributed by atoms with van der Waals surface area (Å²) in [6, 6.07) is 0. The highest BCUT2D eigenvalue weighted by Crippen LogP contribution is 2.06.